The van der Waals surface area contributed by atoms with Crippen LogP contribution in [0.4, 0.5) is 11.4 Å². The van der Waals surface area contributed by atoms with E-state index in [0.29, 0.717) is 22.0 Å². The van der Waals surface area contributed by atoms with E-state index in [9.17, 15) is 9.59 Å². The van der Waals surface area contributed by atoms with E-state index in [1.54, 1.807) is 0 Å². The van der Waals surface area contributed by atoms with Gasteiger partial charge in [-0.25, -0.2) is 0 Å². The summed E-state index contributed by atoms with van der Waals surface area (Å²) in [5.41, 5.74) is 8.08. The Morgan fingerprint density at radius 1 is 1.21 bits per heavy atom. The first-order valence-electron chi connectivity index (χ1n) is 8.73. The lowest BCUT2D eigenvalue weighted by Gasteiger charge is -2.17. The van der Waals surface area contributed by atoms with Crippen LogP contribution in [0.15, 0.2) is 36.4 Å². The van der Waals surface area contributed by atoms with Gasteiger partial charge in [0.05, 0.1) is 29.4 Å². The molecule has 4 N–H and O–H groups in total. The lowest BCUT2D eigenvalue weighted by molar-refractivity contribution is -0.117. The number of methoxy groups -OCH3 is 1. The number of hydrogen-bond acceptors (Lipinski definition) is 4. The Morgan fingerprint density at radius 3 is 2.43 bits per heavy atom. The van der Waals surface area contributed by atoms with Gasteiger partial charge in [-0.1, -0.05) is 23.7 Å². The van der Waals surface area contributed by atoms with E-state index in [1.807, 2.05) is 31.2 Å². The molecule has 1 atom stereocenters. The molecule has 8 heteroatoms. The zero-order valence-electron chi connectivity index (χ0n) is 15.6. The Morgan fingerprint density at radius 2 is 1.86 bits per heavy atom. The van der Waals surface area contributed by atoms with Crippen LogP contribution in [0.1, 0.15) is 41.7 Å². The molecular weight excluding hydrogens is 401 g/mol. The Kier molecular flexibility index (Phi) is 7.16. The number of nitrogens with two attached hydrogens (primary N) is 1. The SMILES string of the molecule is COc1cc(N)c(Cl)cc1C(=O)NC(C)c1ccc(NC(=O)C2CC2)cc1.Cl. The van der Waals surface area contributed by atoms with Crippen LogP contribution in [0.3, 0.4) is 0 Å². The van der Waals surface area contributed by atoms with E-state index in [2.05, 4.69) is 10.6 Å². The van der Waals surface area contributed by atoms with Crippen molar-refractivity contribution in [2.45, 2.75) is 25.8 Å². The van der Waals surface area contributed by atoms with Gasteiger partial charge in [0.15, 0.2) is 0 Å². The fourth-order valence-corrected chi connectivity index (χ4v) is 2.88. The van der Waals surface area contributed by atoms with Crippen molar-refractivity contribution in [1.82, 2.24) is 5.32 Å². The van der Waals surface area contributed by atoms with Gasteiger partial charge >= 0.3 is 0 Å². The molecule has 2 aromatic rings. The molecule has 1 unspecified atom stereocenters. The second-order valence-corrected chi connectivity index (χ2v) is 7.06. The van der Waals surface area contributed by atoms with Crippen LogP contribution in [0, 0.1) is 5.92 Å². The highest BCUT2D eigenvalue weighted by molar-refractivity contribution is 6.33. The highest BCUT2D eigenvalue weighted by Gasteiger charge is 2.29. The molecule has 150 valence electrons. The second kappa shape index (κ2) is 9.17. The first-order chi connectivity index (χ1) is 12.9. The summed E-state index contributed by atoms with van der Waals surface area (Å²) >= 11 is 6.03. The van der Waals surface area contributed by atoms with Gasteiger partial charge < -0.3 is 21.1 Å². The van der Waals surface area contributed by atoms with Crippen LogP contribution in [-0.2, 0) is 4.79 Å². The largest absolute Gasteiger partial charge is 0.496 e. The second-order valence-electron chi connectivity index (χ2n) is 6.65. The molecule has 1 saturated carbocycles. The van der Waals surface area contributed by atoms with Crippen molar-refractivity contribution in [2.24, 2.45) is 5.92 Å². The predicted octanol–water partition coefficient (Wildman–Crippen LogP) is 4.19. The van der Waals surface area contributed by atoms with Gasteiger partial charge in [0, 0.05) is 17.7 Å². The monoisotopic (exact) mass is 423 g/mol. The lowest BCUT2D eigenvalue weighted by Crippen LogP contribution is -2.27. The van der Waals surface area contributed by atoms with E-state index in [1.165, 1.54) is 19.2 Å². The first kappa shape index (κ1) is 21.9. The van der Waals surface area contributed by atoms with E-state index in [4.69, 9.17) is 22.1 Å². The van der Waals surface area contributed by atoms with Crippen molar-refractivity contribution in [3.63, 3.8) is 0 Å². The molecule has 6 nitrogen and oxygen atoms in total. The number of hydrogen-bond donors (Lipinski definition) is 3. The third-order valence-corrected chi connectivity index (χ3v) is 4.86. The van der Waals surface area contributed by atoms with Gasteiger partial charge in [-0.2, -0.15) is 0 Å². The quantitative estimate of drug-likeness (QED) is 0.607. The summed E-state index contributed by atoms with van der Waals surface area (Å²) in [6, 6.07) is 10.2. The highest BCUT2D eigenvalue weighted by Crippen LogP contribution is 2.31. The predicted molar refractivity (Wildman–Crippen MR) is 113 cm³/mol. The number of nitrogens with one attached hydrogen (secondary N) is 2. The Balaban J connectivity index is 0.00000280. The van der Waals surface area contributed by atoms with Crippen molar-refractivity contribution < 1.29 is 14.3 Å². The minimum atomic E-state index is -0.313. The van der Waals surface area contributed by atoms with Crippen molar-refractivity contribution in [2.75, 3.05) is 18.2 Å². The average molecular weight is 424 g/mol. The van der Waals surface area contributed by atoms with Crippen LogP contribution in [0.2, 0.25) is 5.02 Å². The number of carbonyl (C=O) groups is 2. The van der Waals surface area contributed by atoms with Gasteiger partial charge in [-0.05, 0) is 43.5 Å². The molecular formula is C20H23Cl2N3O3. The summed E-state index contributed by atoms with van der Waals surface area (Å²) in [5.74, 6) is 0.271. The van der Waals surface area contributed by atoms with E-state index in [-0.39, 0.29) is 36.2 Å². The molecule has 0 heterocycles. The molecule has 0 spiro atoms. The molecule has 1 aliphatic carbocycles. The van der Waals surface area contributed by atoms with E-state index < -0.39 is 0 Å². The molecule has 1 aliphatic rings. The highest BCUT2D eigenvalue weighted by atomic mass is 35.5. The third kappa shape index (κ3) is 5.09. The van der Waals surface area contributed by atoms with Gasteiger partial charge in [0.2, 0.25) is 5.91 Å². The zero-order chi connectivity index (χ0) is 19.6. The Labute approximate surface area is 175 Å². The van der Waals surface area contributed by atoms with Crippen LogP contribution in [0.5, 0.6) is 5.75 Å². The fourth-order valence-electron chi connectivity index (χ4n) is 2.72. The molecule has 0 radical (unpaired) electrons. The molecule has 28 heavy (non-hydrogen) atoms. The molecule has 0 bridgehead atoms. The van der Waals surface area contributed by atoms with E-state index >= 15 is 0 Å². The number of benzene rings is 2. The summed E-state index contributed by atoms with van der Waals surface area (Å²) in [5, 5.41) is 6.11. The van der Waals surface area contributed by atoms with Gasteiger partial charge in [0.25, 0.3) is 5.91 Å². The third-order valence-electron chi connectivity index (χ3n) is 4.54. The standard InChI is InChI=1S/C20H22ClN3O3.ClH/c1-11(12-5-7-14(8-6-12)24-19(25)13-3-4-13)23-20(26)15-9-16(21)17(22)10-18(15)27-2;/h5-11,13H,3-4,22H2,1-2H3,(H,23,26)(H,24,25);1H. The van der Waals surface area contributed by atoms with Gasteiger partial charge in [-0.3, -0.25) is 9.59 Å². The van der Waals surface area contributed by atoms with Gasteiger partial charge in [-0.15, -0.1) is 12.4 Å². The van der Waals surface area contributed by atoms with Crippen LogP contribution in [-0.4, -0.2) is 18.9 Å². The number of carbonyl (C=O) groups excluding carboxylic acids is 2. The van der Waals surface area contributed by atoms with E-state index in [0.717, 1.165) is 24.1 Å². The molecule has 1 fully saturated rings. The zero-order valence-corrected chi connectivity index (χ0v) is 17.2. The Bertz CT molecular complexity index is 868. The van der Waals surface area contributed by atoms with Crippen molar-refractivity contribution in [1.29, 1.82) is 0 Å². The number of nitrogen functional groups attached to an aromatic ring is 1. The number of ether oxygens (including phenoxy) is 1. The summed E-state index contributed by atoms with van der Waals surface area (Å²) in [6.45, 7) is 1.88. The smallest absolute Gasteiger partial charge is 0.255 e. The normalized spacial score (nSPS) is 13.8. The summed E-state index contributed by atoms with van der Waals surface area (Å²) in [6.07, 6.45) is 1.93. The summed E-state index contributed by atoms with van der Waals surface area (Å²) in [7, 11) is 1.47. The maximum atomic E-state index is 12.6. The number of rotatable bonds is 6. The number of amides is 2. The van der Waals surface area contributed by atoms with Crippen molar-refractivity contribution in [3.05, 3.63) is 52.5 Å². The first-order valence-corrected chi connectivity index (χ1v) is 9.11. The van der Waals surface area contributed by atoms with Gasteiger partial charge in [0.1, 0.15) is 5.75 Å². The minimum Gasteiger partial charge on any atom is -0.496 e. The molecule has 0 saturated heterocycles. The van der Waals surface area contributed by atoms with Crippen LogP contribution in [0.25, 0.3) is 0 Å². The molecule has 0 aromatic heterocycles. The topological polar surface area (TPSA) is 93.4 Å². The molecule has 2 amide bonds. The molecule has 3 rings (SSSR count). The summed E-state index contributed by atoms with van der Waals surface area (Å²) < 4.78 is 5.23. The number of halogens is 2. The van der Waals surface area contributed by atoms with Crippen molar-refractivity contribution >= 4 is 47.2 Å². The summed E-state index contributed by atoms with van der Waals surface area (Å²) in [4.78, 5) is 24.4. The maximum Gasteiger partial charge on any atom is 0.255 e. The van der Waals surface area contributed by atoms with Crippen LogP contribution < -0.4 is 21.1 Å². The molecule has 2 aromatic carbocycles. The van der Waals surface area contributed by atoms with Crippen LogP contribution >= 0.6 is 24.0 Å². The fraction of sp³-hybridized carbons (Fsp3) is 0.300. The maximum absolute atomic E-state index is 12.6. The average Bonchev–Trinajstić information content (AvgIpc) is 3.49. The lowest BCUT2D eigenvalue weighted by atomic mass is 10.1. The Hall–Kier alpha value is -2.44. The number of anilines is 2. The molecule has 0 aliphatic heterocycles. The minimum absolute atomic E-state index is 0. The van der Waals surface area contributed by atoms with Crippen molar-refractivity contribution in [3.8, 4) is 5.75 Å².